The summed E-state index contributed by atoms with van der Waals surface area (Å²) in [4.78, 5) is 0. The van der Waals surface area contributed by atoms with Crippen LogP contribution < -0.4 is 24.8 Å². The van der Waals surface area contributed by atoms with E-state index in [9.17, 15) is 0 Å². The Hall–Kier alpha value is 0.280. The molecule has 2 aromatic rings. The summed E-state index contributed by atoms with van der Waals surface area (Å²) in [6.45, 7) is 4.37. The van der Waals surface area contributed by atoms with Crippen LogP contribution >= 0.6 is 0 Å². The summed E-state index contributed by atoms with van der Waals surface area (Å²) in [6, 6.07) is 11.0. The average Bonchev–Trinajstić information content (AvgIpc) is 2.49. The smallest absolute Gasteiger partial charge is 0 e. The molecule has 0 spiro atoms. The maximum atomic E-state index is 2.30. The molecule has 0 aliphatic rings. The third-order valence-corrected chi connectivity index (χ3v) is 2.44. The summed E-state index contributed by atoms with van der Waals surface area (Å²) >= 11 is 0. The van der Waals surface area contributed by atoms with Crippen molar-refractivity contribution >= 4 is 10.8 Å². The van der Waals surface area contributed by atoms with Gasteiger partial charge in [-0.15, -0.1) is 34.5 Å². The van der Waals surface area contributed by atoms with Gasteiger partial charge in [-0.1, -0.05) is 18.6 Å². The van der Waals surface area contributed by atoms with Crippen LogP contribution in [0.15, 0.2) is 30.3 Å². The zero-order chi connectivity index (χ0) is 8.55. The number of hydrogen-bond acceptors (Lipinski definition) is 0. The van der Waals surface area contributed by atoms with E-state index in [0.717, 1.165) is 6.42 Å². The number of halogens is 2. The molecule has 0 heterocycles. The molecule has 0 amide bonds. The first-order valence-electron chi connectivity index (χ1n) is 4.46. The molecule has 0 radical (unpaired) electrons. The van der Waals surface area contributed by atoms with Crippen molar-refractivity contribution in [2.45, 2.75) is 20.3 Å². The Morgan fingerprint density at radius 3 is 2.40 bits per heavy atom. The van der Waals surface area contributed by atoms with Crippen LogP contribution in [0.25, 0.3) is 10.8 Å². The second-order valence-electron chi connectivity index (χ2n) is 3.29. The first kappa shape index (κ1) is 17.7. The van der Waals surface area contributed by atoms with Gasteiger partial charge in [-0.3, -0.25) is 0 Å². The zero-order valence-corrected chi connectivity index (χ0v) is 14.0. The van der Waals surface area contributed by atoms with Gasteiger partial charge in [0.25, 0.3) is 0 Å². The minimum absolute atomic E-state index is 0. The van der Waals surface area contributed by atoms with Crippen molar-refractivity contribution in [2.75, 3.05) is 0 Å². The second kappa shape index (κ2) is 7.54. The molecular formula is C12H13Cl2Hf-3. The topological polar surface area (TPSA) is 0 Å². The third-order valence-electron chi connectivity index (χ3n) is 2.44. The molecule has 0 nitrogen and oxygen atoms in total. The van der Waals surface area contributed by atoms with Gasteiger partial charge in [0.1, 0.15) is 0 Å². The molecular weight excluding hydrogens is 394 g/mol. The van der Waals surface area contributed by atoms with Crippen LogP contribution in [0.5, 0.6) is 0 Å². The van der Waals surface area contributed by atoms with Crippen molar-refractivity contribution in [3.05, 3.63) is 41.5 Å². The molecule has 0 saturated heterocycles. The van der Waals surface area contributed by atoms with Gasteiger partial charge >= 0.3 is 0 Å². The molecule has 0 aliphatic carbocycles. The maximum absolute atomic E-state index is 2.30. The molecule has 0 saturated carbocycles. The van der Waals surface area contributed by atoms with Gasteiger partial charge in [0.15, 0.2) is 0 Å². The molecule has 0 aromatic heterocycles. The number of fused-ring (bicyclic) bond motifs is 1. The van der Waals surface area contributed by atoms with E-state index >= 15 is 0 Å². The van der Waals surface area contributed by atoms with Gasteiger partial charge in [0.05, 0.1) is 0 Å². The number of hydrogen-bond donors (Lipinski definition) is 0. The minimum atomic E-state index is 0. The Bertz CT molecular complexity index is 407. The van der Waals surface area contributed by atoms with Gasteiger partial charge in [-0.05, 0) is 13.3 Å². The molecule has 0 unspecified atom stereocenters. The van der Waals surface area contributed by atoms with Crippen LogP contribution in [0, 0.1) is 6.92 Å². The van der Waals surface area contributed by atoms with Crippen LogP contribution in [0.3, 0.4) is 0 Å². The molecule has 3 heteroatoms. The van der Waals surface area contributed by atoms with Crippen molar-refractivity contribution in [1.29, 1.82) is 0 Å². The fourth-order valence-electron chi connectivity index (χ4n) is 1.66. The van der Waals surface area contributed by atoms with E-state index in [4.69, 9.17) is 0 Å². The molecule has 2 rings (SSSR count). The quantitative estimate of drug-likeness (QED) is 0.361. The summed E-state index contributed by atoms with van der Waals surface area (Å²) < 4.78 is 0. The first-order chi connectivity index (χ1) is 5.81. The summed E-state index contributed by atoms with van der Waals surface area (Å²) in [6.07, 6.45) is 1.13. The summed E-state index contributed by atoms with van der Waals surface area (Å²) in [5.74, 6) is 0. The molecule has 0 atom stereocenters. The summed E-state index contributed by atoms with van der Waals surface area (Å²) in [7, 11) is 0. The van der Waals surface area contributed by atoms with E-state index in [1.807, 2.05) is 0 Å². The van der Waals surface area contributed by atoms with E-state index in [1.165, 1.54) is 21.9 Å². The molecule has 82 valence electrons. The summed E-state index contributed by atoms with van der Waals surface area (Å²) in [5.41, 5.74) is 2.83. The second-order valence-corrected chi connectivity index (χ2v) is 3.29. The van der Waals surface area contributed by atoms with Crippen LogP contribution in [0.2, 0.25) is 0 Å². The average molecular weight is 407 g/mol. The number of benzene rings is 1. The Kier molecular flexibility index (Phi) is 8.88. The molecule has 0 N–H and O–H groups in total. The van der Waals surface area contributed by atoms with E-state index in [0.29, 0.717) is 0 Å². The fourth-order valence-corrected chi connectivity index (χ4v) is 1.66. The Labute approximate surface area is 122 Å². The minimum Gasteiger partial charge on any atom is -1.00 e. The van der Waals surface area contributed by atoms with Crippen molar-refractivity contribution in [3.63, 3.8) is 0 Å². The maximum Gasteiger partial charge on any atom is 0 e. The fraction of sp³-hybridized carbons (Fsp3) is 0.250. The van der Waals surface area contributed by atoms with Crippen molar-refractivity contribution in [3.8, 4) is 0 Å². The van der Waals surface area contributed by atoms with Crippen molar-refractivity contribution in [2.24, 2.45) is 0 Å². The van der Waals surface area contributed by atoms with Gasteiger partial charge < -0.3 is 24.8 Å². The van der Waals surface area contributed by atoms with Crippen molar-refractivity contribution < 1.29 is 50.7 Å². The third kappa shape index (κ3) is 3.65. The van der Waals surface area contributed by atoms with Gasteiger partial charge in [-0.2, -0.15) is 6.07 Å². The van der Waals surface area contributed by atoms with Gasteiger partial charge in [-0.25, -0.2) is 0 Å². The molecule has 15 heavy (non-hydrogen) atoms. The molecule has 0 aliphatic heterocycles. The molecule has 2 aromatic carbocycles. The van der Waals surface area contributed by atoms with E-state index in [2.05, 4.69) is 44.2 Å². The largest absolute Gasteiger partial charge is 1.00 e. The first-order valence-corrected chi connectivity index (χ1v) is 4.46. The SMILES string of the molecule is CCc1cc2c(C)cccc2[cH-]1.[Cl-].[Cl-].[Hf]. The summed E-state index contributed by atoms with van der Waals surface area (Å²) in [5, 5.41) is 2.79. The zero-order valence-electron chi connectivity index (χ0n) is 8.85. The van der Waals surface area contributed by atoms with E-state index < -0.39 is 0 Å². The van der Waals surface area contributed by atoms with Gasteiger partial charge in [0, 0.05) is 25.8 Å². The molecule has 0 bridgehead atoms. The van der Waals surface area contributed by atoms with Crippen LogP contribution in [-0.4, -0.2) is 0 Å². The van der Waals surface area contributed by atoms with Crippen LogP contribution in [0.4, 0.5) is 0 Å². The van der Waals surface area contributed by atoms with Gasteiger partial charge in [0.2, 0.25) is 0 Å². The Morgan fingerprint density at radius 2 is 1.87 bits per heavy atom. The molecule has 0 fully saturated rings. The van der Waals surface area contributed by atoms with Crippen LogP contribution in [-0.2, 0) is 32.3 Å². The van der Waals surface area contributed by atoms with E-state index in [1.54, 1.807) is 0 Å². The van der Waals surface area contributed by atoms with Crippen molar-refractivity contribution in [1.82, 2.24) is 0 Å². The van der Waals surface area contributed by atoms with E-state index in [-0.39, 0.29) is 50.7 Å². The number of rotatable bonds is 1. The predicted molar refractivity (Wildman–Crippen MR) is 53.7 cm³/mol. The number of aryl methyl sites for hydroxylation is 2. The normalized spacial score (nSPS) is 8.67. The predicted octanol–water partition coefficient (Wildman–Crippen LogP) is -2.56. The Balaban J connectivity index is 0. The monoisotopic (exact) mass is 407 g/mol. The van der Waals surface area contributed by atoms with Crippen LogP contribution in [0.1, 0.15) is 18.1 Å². The standard InChI is InChI=1S/C12H13.2ClH.Hf/c1-3-10-7-11-6-4-5-9(2)12(11)8-10;;;/h4-8H,3H2,1-2H3;2*1H;/q-1;;;/p-2. The Morgan fingerprint density at radius 1 is 1.20 bits per heavy atom.